The number of carbonyl (C=O) groups is 1. The predicted molar refractivity (Wildman–Crippen MR) is 24.0 cm³/mol. The van der Waals surface area contributed by atoms with Crippen molar-refractivity contribution in [3.63, 3.8) is 0 Å². The average molecular weight is 140 g/mol. The molecule has 0 aliphatic rings. The van der Waals surface area contributed by atoms with Gasteiger partial charge in [0.1, 0.15) is 0 Å². The lowest BCUT2D eigenvalue weighted by atomic mass is 10.4. The Labute approximate surface area is 50.2 Å². The van der Waals surface area contributed by atoms with Gasteiger partial charge in [0.15, 0.2) is 0 Å². The second-order valence-corrected chi connectivity index (χ2v) is 1.30. The number of carbonyl (C=O) groups excluding carboxylic acids is 1. The number of halogens is 2. The molecule has 0 amide bonds. The fraction of sp³-hybridized carbons (Fsp3) is 0.750. The number of aliphatic hydroxyl groups excluding tert-OH is 1. The van der Waals surface area contributed by atoms with Gasteiger partial charge in [0, 0.05) is 0 Å². The van der Waals surface area contributed by atoms with Crippen LogP contribution in [-0.2, 0) is 9.53 Å². The standard InChI is InChI=1S/C4H6F2O3/c1-9-4(8)2(7)3(5)6/h2-3,7H,1H3. The molecule has 0 saturated carbocycles. The first-order chi connectivity index (χ1) is 4.09. The van der Waals surface area contributed by atoms with Crippen LogP contribution in [0.25, 0.3) is 0 Å². The molecule has 0 rings (SSSR count). The second kappa shape index (κ2) is 3.34. The number of hydrogen-bond acceptors (Lipinski definition) is 3. The summed E-state index contributed by atoms with van der Waals surface area (Å²) in [5.41, 5.74) is 0. The minimum absolute atomic E-state index is 0.925. The molecule has 0 aliphatic carbocycles. The number of esters is 1. The van der Waals surface area contributed by atoms with Crippen molar-refractivity contribution >= 4 is 5.97 Å². The monoisotopic (exact) mass is 140 g/mol. The van der Waals surface area contributed by atoms with Gasteiger partial charge in [0.2, 0.25) is 6.10 Å². The summed E-state index contributed by atoms with van der Waals surface area (Å²) in [5, 5.41) is 8.17. The summed E-state index contributed by atoms with van der Waals surface area (Å²) in [5.74, 6) is -1.31. The zero-order chi connectivity index (χ0) is 7.44. The van der Waals surface area contributed by atoms with E-state index >= 15 is 0 Å². The van der Waals surface area contributed by atoms with Crippen molar-refractivity contribution in [3.8, 4) is 0 Å². The van der Waals surface area contributed by atoms with Crippen LogP contribution in [0.15, 0.2) is 0 Å². The summed E-state index contributed by atoms with van der Waals surface area (Å²) in [7, 11) is 0.925. The lowest BCUT2D eigenvalue weighted by Gasteiger charge is -2.04. The summed E-state index contributed by atoms with van der Waals surface area (Å²) in [6.07, 6.45) is -5.38. The maximum atomic E-state index is 11.3. The number of aliphatic hydroxyl groups is 1. The van der Waals surface area contributed by atoms with E-state index in [1.165, 1.54) is 0 Å². The predicted octanol–water partition coefficient (Wildman–Crippen LogP) is -0.215. The molecule has 5 heteroatoms. The molecule has 0 radical (unpaired) electrons. The van der Waals surface area contributed by atoms with Gasteiger partial charge < -0.3 is 9.84 Å². The van der Waals surface area contributed by atoms with Crippen molar-refractivity contribution in [3.05, 3.63) is 0 Å². The lowest BCUT2D eigenvalue weighted by molar-refractivity contribution is -0.158. The van der Waals surface area contributed by atoms with E-state index in [9.17, 15) is 13.6 Å². The Kier molecular flexibility index (Phi) is 3.08. The van der Waals surface area contributed by atoms with E-state index in [2.05, 4.69) is 4.74 Å². The highest BCUT2D eigenvalue weighted by atomic mass is 19.3. The molecule has 1 unspecified atom stereocenters. The van der Waals surface area contributed by atoms with Gasteiger partial charge in [-0.3, -0.25) is 0 Å². The van der Waals surface area contributed by atoms with Crippen LogP contribution in [0, 0.1) is 0 Å². The number of ether oxygens (including phenoxy) is 1. The molecule has 0 aliphatic heterocycles. The van der Waals surface area contributed by atoms with Gasteiger partial charge in [0.05, 0.1) is 7.11 Å². The minimum Gasteiger partial charge on any atom is -0.467 e. The highest BCUT2D eigenvalue weighted by Gasteiger charge is 2.25. The van der Waals surface area contributed by atoms with E-state index in [-0.39, 0.29) is 0 Å². The van der Waals surface area contributed by atoms with E-state index in [1.807, 2.05) is 0 Å². The molecule has 54 valence electrons. The quantitative estimate of drug-likeness (QED) is 0.539. The first-order valence-electron chi connectivity index (χ1n) is 2.13. The molecule has 3 nitrogen and oxygen atoms in total. The molecular formula is C4H6F2O3. The smallest absolute Gasteiger partial charge is 0.340 e. The molecule has 0 saturated heterocycles. The highest BCUT2D eigenvalue weighted by Crippen LogP contribution is 2.00. The Bertz CT molecular complexity index is 104. The highest BCUT2D eigenvalue weighted by molar-refractivity contribution is 5.74. The zero-order valence-corrected chi connectivity index (χ0v) is 4.67. The van der Waals surface area contributed by atoms with Gasteiger partial charge in [-0.1, -0.05) is 0 Å². The van der Waals surface area contributed by atoms with E-state index in [4.69, 9.17) is 5.11 Å². The summed E-state index contributed by atoms with van der Waals surface area (Å²) in [4.78, 5) is 10.0. The molecule has 0 spiro atoms. The van der Waals surface area contributed by atoms with Crippen molar-refractivity contribution in [2.75, 3.05) is 7.11 Å². The molecule has 0 aromatic carbocycles. The van der Waals surface area contributed by atoms with Crippen LogP contribution >= 0.6 is 0 Å². The Balaban J connectivity index is 3.72. The third-order valence-electron chi connectivity index (χ3n) is 0.681. The second-order valence-electron chi connectivity index (χ2n) is 1.30. The first kappa shape index (κ1) is 8.29. The number of rotatable bonds is 2. The van der Waals surface area contributed by atoms with Crippen LogP contribution in [0.2, 0.25) is 0 Å². The summed E-state index contributed by atoms with van der Waals surface area (Å²) in [6, 6.07) is 0. The largest absolute Gasteiger partial charge is 0.467 e. The molecule has 0 fully saturated rings. The number of alkyl halides is 2. The van der Waals surface area contributed by atoms with Crippen LogP contribution in [0.3, 0.4) is 0 Å². The van der Waals surface area contributed by atoms with Gasteiger partial charge in [-0.05, 0) is 0 Å². The van der Waals surface area contributed by atoms with Crippen molar-refractivity contribution in [2.45, 2.75) is 12.5 Å². The molecule has 0 bridgehead atoms. The van der Waals surface area contributed by atoms with Gasteiger partial charge in [-0.2, -0.15) is 0 Å². The van der Waals surface area contributed by atoms with Crippen LogP contribution in [0.5, 0.6) is 0 Å². The van der Waals surface area contributed by atoms with Crippen molar-refractivity contribution < 1.29 is 23.4 Å². The SMILES string of the molecule is COC(=O)C(O)C(F)F. The van der Waals surface area contributed by atoms with Crippen LogP contribution in [0.1, 0.15) is 0 Å². The molecule has 1 atom stereocenters. The third-order valence-corrected chi connectivity index (χ3v) is 0.681. The van der Waals surface area contributed by atoms with E-state index < -0.39 is 18.5 Å². The molecule has 0 heterocycles. The Morgan fingerprint density at radius 2 is 2.11 bits per heavy atom. The van der Waals surface area contributed by atoms with Crippen LogP contribution in [-0.4, -0.2) is 30.7 Å². The minimum atomic E-state index is -3.07. The maximum absolute atomic E-state index is 11.3. The fourth-order valence-corrected chi connectivity index (χ4v) is 0.224. The van der Waals surface area contributed by atoms with Gasteiger partial charge >= 0.3 is 5.97 Å². The fourth-order valence-electron chi connectivity index (χ4n) is 0.224. The van der Waals surface area contributed by atoms with Gasteiger partial charge in [-0.25, -0.2) is 13.6 Å². The lowest BCUT2D eigenvalue weighted by Crippen LogP contribution is -2.28. The molecule has 1 N–H and O–H groups in total. The van der Waals surface area contributed by atoms with Crippen molar-refractivity contribution in [1.82, 2.24) is 0 Å². The topological polar surface area (TPSA) is 46.5 Å². The van der Waals surface area contributed by atoms with Crippen LogP contribution < -0.4 is 0 Å². The molecular weight excluding hydrogens is 134 g/mol. The maximum Gasteiger partial charge on any atom is 0.340 e. The molecule has 0 aromatic heterocycles. The summed E-state index contributed by atoms with van der Waals surface area (Å²) in [6.45, 7) is 0. The molecule has 0 aromatic rings. The molecule has 9 heavy (non-hydrogen) atoms. The summed E-state index contributed by atoms with van der Waals surface area (Å²) < 4.78 is 26.4. The first-order valence-corrected chi connectivity index (χ1v) is 2.13. The Hall–Kier alpha value is -0.710. The van der Waals surface area contributed by atoms with Crippen molar-refractivity contribution in [2.24, 2.45) is 0 Å². The van der Waals surface area contributed by atoms with Gasteiger partial charge in [0.25, 0.3) is 6.43 Å². The summed E-state index contributed by atoms with van der Waals surface area (Å²) >= 11 is 0. The van der Waals surface area contributed by atoms with E-state index in [1.54, 1.807) is 0 Å². The number of hydrogen-bond donors (Lipinski definition) is 1. The van der Waals surface area contributed by atoms with Crippen LogP contribution in [0.4, 0.5) is 8.78 Å². The Morgan fingerprint density at radius 1 is 1.67 bits per heavy atom. The zero-order valence-electron chi connectivity index (χ0n) is 4.67. The van der Waals surface area contributed by atoms with E-state index in [0.29, 0.717) is 0 Å². The Morgan fingerprint density at radius 3 is 2.22 bits per heavy atom. The number of methoxy groups -OCH3 is 1. The van der Waals surface area contributed by atoms with Gasteiger partial charge in [-0.15, -0.1) is 0 Å². The van der Waals surface area contributed by atoms with E-state index in [0.717, 1.165) is 7.11 Å². The van der Waals surface area contributed by atoms with Crippen molar-refractivity contribution in [1.29, 1.82) is 0 Å². The normalized spacial score (nSPS) is 13.4. The average Bonchev–Trinajstić information content (AvgIpc) is 1.84. The third kappa shape index (κ3) is 2.36.